The Labute approximate surface area is 205 Å². The Morgan fingerprint density at radius 1 is 1.03 bits per heavy atom. The van der Waals surface area contributed by atoms with Crippen molar-refractivity contribution >= 4 is 17.8 Å². The van der Waals surface area contributed by atoms with E-state index < -0.39 is 35.0 Å². The lowest BCUT2D eigenvalue weighted by atomic mass is 9.74. The number of carbonyl (C=O) groups excluding carboxylic acids is 3. The molecule has 8 heteroatoms. The number of benzene rings is 1. The van der Waals surface area contributed by atoms with Crippen molar-refractivity contribution in [3.8, 4) is 0 Å². The standard InChI is InChI=1S/C27H32N2O6/c1-26-12-5-8-17-34-25(33)21(26)20-23(31)29(15-6-7-16-30)22-24(32)28(14-9-13-27(20,22)35-26)18-19-10-3-2-4-11-19/h2-5,9-13,20-22,30H,6-8,14-18H2,1H3/t20-,21-,22?,26+,27-/m0/s1. The third-order valence-electron chi connectivity index (χ3n) is 7.63. The average Bonchev–Trinajstić information content (AvgIpc) is 3.16. The molecule has 0 bridgehead atoms. The van der Waals surface area contributed by atoms with Crippen LogP contribution in [0.3, 0.4) is 0 Å². The molecule has 4 aliphatic heterocycles. The summed E-state index contributed by atoms with van der Waals surface area (Å²) in [6, 6.07) is 8.83. The lowest BCUT2D eigenvalue weighted by molar-refractivity contribution is -0.160. The SMILES string of the molecule is C[C@@]12C=CCCOC(=O)[C@@H]1[C@H]1C(=O)N(CCCCO)C3C(=O)N(Cc4ccccc4)CC=C[C@@]31O2. The van der Waals surface area contributed by atoms with E-state index in [1.165, 1.54) is 0 Å². The van der Waals surface area contributed by atoms with Gasteiger partial charge in [-0.1, -0.05) is 54.6 Å². The van der Waals surface area contributed by atoms with Crippen LogP contribution >= 0.6 is 0 Å². The number of carbonyl (C=O) groups is 3. The molecule has 1 spiro atoms. The number of rotatable bonds is 6. The van der Waals surface area contributed by atoms with Crippen molar-refractivity contribution in [3.63, 3.8) is 0 Å². The summed E-state index contributed by atoms with van der Waals surface area (Å²) >= 11 is 0. The van der Waals surface area contributed by atoms with Gasteiger partial charge in [-0.2, -0.15) is 0 Å². The summed E-state index contributed by atoms with van der Waals surface area (Å²) in [5.41, 5.74) is -1.34. The lowest BCUT2D eigenvalue weighted by Crippen LogP contribution is -2.55. The number of likely N-dealkylation sites (tertiary alicyclic amines) is 1. The van der Waals surface area contributed by atoms with Crippen LogP contribution in [0.2, 0.25) is 0 Å². The number of cyclic esters (lactones) is 1. The van der Waals surface area contributed by atoms with Crippen molar-refractivity contribution in [2.24, 2.45) is 11.8 Å². The predicted molar refractivity (Wildman–Crippen MR) is 127 cm³/mol. The highest BCUT2D eigenvalue weighted by atomic mass is 16.6. The van der Waals surface area contributed by atoms with E-state index in [0.29, 0.717) is 38.9 Å². The first kappa shape index (κ1) is 23.8. The number of fused-ring (bicyclic) bond motifs is 2. The van der Waals surface area contributed by atoms with Crippen LogP contribution in [-0.2, 0) is 30.4 Å². The van der Waals surface area contributed by atoms with Crippen molar-refractivity contribution < 1.29 is 29.0 Å². The Balaban J connectivity index is 1.57. The van der Waals surface area contributed by atoms with Crippen LogP contribution in [0.1, 0.15) is 31.7 Å². The zero-order valence-corrected chi connectivity index (χ0v) is 20.0. The largest absolute Gasteiger partial charge is 0.465 e. The Morgan fingerprint density at radius 3 is 2.60 bits per heavy atom. The van der Waals surface area contributed by atoms with Crippen molar-refractivity contribution in [3.05, 3.63) is 60.2 Å². The Kier molecular flexibility index (Phi) is 6.27. The van der Waals surface area contributed by atoms with E-state index >= 15 is 0 Å². The van der Waals surface area contributed by atoms with E-state index in [-0.39, 0.29) is 25.0 Å². The second kappa shape index (κ2) is 9.24. The first-order valence-electron chi connectivity index (χ1n) is 12.4. The smallest absolute Gasteiger partial charge is 0.313 e. The monoisotopic (exact) mass is 480 g/mol. The fraction of sp³-hybridized carbons (Fsp3) is 0.519. The highest BCUT2D eigenvalue weighted by Crippen LogP contribution is 2.57. The van der Waals surface area contributed by atoms with Crippen LogP contribution in [0, 0.1) is 11.8 Å². The lowest BCUT2D eigenvalue weighted by Gasteiger charge is -2.37. The van der Waals surface area contributed by atoms with Crippen LogP contribution < -0.4 is 0 Å². The van der Waals surface area contributed by atoms with Gasteiger partial charge >= 0.3 is 5.97 Å². The topological polar surface area (TPSA) is 96.4 Å². The third kappa shape index (κ3) is 3.89. The maximum atomic E-state index is 14.1. The number of nitrogens with zero attached hydrogens (tertiary/aromatic N) is 2. The number of unbranched alkanes of at least 4 members (excludes halogenated alkanes) is 1. The zero-order valence-electron chi connectivity index (χ0n) is 20.0. The third-order valence-corrected chi connectivity index (χ3v) is 7.63. The fourth-order valence-electron chi connectivity index (χ4n) is 6.11. The predicted octanol–water partition coefficient (Wildman–Crippen LogP) is 1.83. The molecule has 186 valence electrons. The number of ether oxygens (including phenoxy) is 2. The Bertz CT molecular complexity index is 1060. The molecular weight excluding hydrogens is 448 g/mol. The van der Waals surface area contributed by atoms with E-state index in [4.69, 9.17) is 9.47 Å². The molecule has 0 radical (unpaired) electrons. The van der Waals surface area contributed by atoms with Gasteiger partial charge in [-0.3, -0.25) is 14.4 Å². The molecular formula is C27H32N2O6. The highest BCUT2D eigenvalue weighted by molar-refractivity contribution is 5.99. The Hall–Kier alpha value is -2.97. The number of aliphatic hydroxyl groups excluding tert-OH is 1. The minimum absolute atomic E-state index is 0.00354. The second-order valence-electron chi connectivity index (χ2n) is 9.92. The highest BCUT2D eigenvalue weighted by Gasteiger charge is 2.74. The quantitative estimate of drug-likeness (QED) is 0.379. The van der Waals surface area contributed by atoms with Crippen molar-refractivity contribution in [2.45, 2.75) is 50.0 Å². The molecule has 5 rings (SSSR count). The first-order valence-corrected chi connectivity index (χ1v) is 12.4. The molecule has 0 saturated carbocycles. The molecule has 0 aromatic heterocycles. The minimum atomic E-state index is -1.27. The molecule has 1 N–H and O–H groups in total. The van der Waals surface area contributed by atoms with E-state index in [2.05, 4.69) is 0 Å². The van der Waals surface area contributed by atoms with Crippen LogP contribution in [-0.4, -0.2) is 76.2 Å². The molecule has 5 atom stereocenters. The summed E-state index contributed by atoms with van der Waals surface area (Å²) in [4.78, 5) is 44.6. The zero-order chi connectivity index (χ0) is 24.6. The minimum Gasteiger partial charge on any atom is -0.465 e. The van der Waals surface area contributed by atoms with Crippen LogP contribution in [0.5, 0.6) is 0 Å². The van der Waals surface area contributed by atoms with Gasteiger partial charge in [0.25, 0.3) is 0 Å². The van der Waals surface area contributed by atoms with Gasteiger partial charge in [-0.15, -0.1) is 0 Å². The summed E-state index contributed by atoms with van der Waals surface area (Å²) in [6.45, 7) is 3.14. The van der Waals surface area contributed by atoms with Gasteiger partial charge in [0, 0.05) is 26.2 Å². The normalized spacial score (nSPS) is 34.1. The van der Waals surface area contributed by atoms with Crippen molar-refractivity contribution in [2.75, 3.05) is 26.3 Å². The molecule has 4 heterocycles. The van der Waals surface area contributed by atoms with Gasteiger partial charge in [-0.25, -0.2) is 0 Å². The second-order valence-corrected chi connectivity index (χ2v) is 9.92. The first-order chi connectivity index (χ1) is 16.9. The number of hydrogen-bond donors (Lipinski definition) is 1. The summed E-state index contributed by atoms with van der Waals surface area (Å²) in [5.74, 6) is -2.65. The van der Waals surface area contributed by atoms with Gasteiger partial charge in [-0.05, 0) is 31.7 Å². The van der Waals surface area contributed by atoms with Crippen molar-refractivity contribution in [1.29, 1.82) is 0 Å². The number of aliphatic hydroxyl groups is 1. The summed E-state index contributed by atoms with van der Waals surface area (Å²) in [5, 5.41) is 9.30. The van der Waals surface area contributed by atoms with Crippen molar-refractivity contribution in [1.82, 2.24) is 9.80 Å². The summed E-state index contributed by atoms with van der Waals surface area (Å²) in [6.07, 6.45) is 9.12. The average molecular weight is 481 g/mol. The molecule has 2 amide bonds. The molecule has 4 aliphatic rings. The summed E-state index contributed by atoms with van der Waals surface area (Å²) < 4.78 is 12.2. The molecule has 1 aromatic rings. The molecule has 1 aromatic carbocycles. The van der Waals surface area contributed by atoms with E-state index in [1.54, 1.807) is 16.7 Å². The van der Waals surface area contributed by atoms with Gasteiger partial charge in [0.1, 0.15) is 17.6 Å². The van der Waals surface area contributed by atoms with E-state index in [0.717, 1.165) is 5.56 Å². The van der Waals surface area contributed by atoms with E-state index in [1.807, 2.05) is 54.6 Å². The molecule has 35 heavy (non-hydrogen) atoms. The summed E-state index contributed by atoms with van der Waals surface area (Å²) in [7, 11) is 0. The molecule has 2 fully saturated rings. The van der Waals surface area contributed by atoms with E-state index in [9.17, 15) is 19.5 Å². The maximum Gasteiger partial charge on any atom is 0.313 e. The van der Waals surface area contributed by atoms with Gasteiger partial charge in [0.05, 0.1) is 18.1 Å². The van der Waals surface area contributed by atoms with Crippen LogP contribution in [0.15, 0.2) is 54.6 Å². The molecule has 0 aliphatic carbocycles. The molecule has 2 saturated heterocycles. The number of esters is 1. The van der Waals surface area contributed by atoms with Gasteiger partial charge in [0.2, 0.25) is 11.8 Å². The van der Waals surface area contributed by atoms with Gasteiger partial charge in [0.15, 0.2) is 0 Å². The molecule has 1 unspecified atom stereocenters. The Morgan fingerprint density at radius 2 is 1.83 bits per heavy atom. The van der Waals surface area contributed by atoms with Crippen LogP contribution in [0.4, 0.5) is 0 Å². The number of amides is 2. The van der Waals surface area contributed by atoms with Crippen LogP contribution in [0.25, 0.3) is 0 Å². The molecule has 8 nitrogen and oxygen atoms in total. The fourth-order valence-corrected chi connectivity index (χ4v) is 6.11. The maximum absolute atomic E-state index is 14.1. The van der Waals surface area contributed by atoms with Gasteiger partial charge < -0.3 is 24.4 Å². The number of hydrogen-bond acceptors (Lipinski definition) is 6.